The lowest BCUT2D eigenvalue weighted by Crippen LogP contribution is -2.43. The lowest BCUT2D eigenvalue weighted by molar-refractivity contribution is -0.120. The van der Waals surface area contributed by atoms with Gasteiger partial charge in [0.15, 0.2) is 5.96 Å². The van der Waals surface area contributed by atoms with E-state index >= 15 is 0 Å². The lowest BCUT2D eigenvalue weighted by Gasteiger charge is -2.22. The van der Waals surface area contributed by atoms with E-state index < -0.39 is 0 Å². The number of nitrogens with one attached hydrogen (secondary N) is 2. The van der Waals surface area contributed by atoms with E-state index in [9.17, 15) is 4.79 Å². The molecule has 2 aromatic rings. The molecule has 0 aliphatic carbocycles. The van der Waals surface area contributed by atoms with Crippen LogP contribution in [0.2, 0.25) is 0 Å². The van der Waals surface area contributed by atoms with Gasteiger partial charge in [-0.15, -0.1) is 0 Å². The van der Waals surface area contributed by atoms with Gasteiger partial charge in [0.1, 0.15) is 5.75 Å². The molecule has 0 aliphatic rings. The maximum absolute atomic E-state index is 12.1. The average molecular weight is 383 g/mol. The standard InChI is InChI=1S/C22H30N4O2/c1-5-17-6-8-19(9-7-17)16-26(3)22(23-2)25-15-21(27)24-14-18-10-12-20(28-4)13-11-18/h6-13H,5,14-16H2,1-4H3,(H,23,25)(H,24,27). The summed E-state index contributed by atoms with van der Waals surface area (Å²) >= 11 is 0. The highest BCUT2D eigenvalue weighted by atomic mass is 16.5. The quantitative estimate of drug-likeness (QED) is 0.544. The first-order valence-corrected chi connectivity index (χ1v) is 9.45. The lowest BCUT2D eigenvalue weighted by atomic mass is 10.1. The van der Waals surface area contributed by atoms with Crippen LogP contribution in [0.3, 0.4) is 0 Å². The number of ether oxygens (including phenoxy) is 1. The number of guanidine groups is 1. The van der Waals surface area contributed by atoms with Crippen LogP contribution in [0.5, 0.6) is 5.75 Å². The highest BCUT2D eigenvalue weighted by molar-refractivity contribution is 5.86. The van der Waals surface area contributed by atoms with Gasteiger partial charge in [0, 0.05) is 27.2 Å². The molecule has 0 bridgehead atoms. The molecule has 0 aliphatic heterocycles. The summed E-state index contributed by atoms with van der Waals surface area (Å²) in [4.78, 5) is 18.4. The average Bonchev–Trinajstić information content (AvgIpc) is 2.73. The van der Waals surface area contributed by atoms with E-state index in [0.29, 0.717) is 12.5 Å². The number of rotatable bonds is 8. The van der Waals surface area contributed by atoms with E-state index in [1.807, 2.05) is 36.2 Å². The van der Waals surface area contributed by atoms with Gasteiger partial charge < -0.3 is 20.3 Å². The molecule has 0 spiro atoms. The molecular weight excluding hydrogens is 352 g/mol. The highest BCUT2D eigenvalue weighted by Crippen LogP contribution is 2.11. The Bertz CT molecular complexity index is 770. The minimum absolute atomic E-state index is 0.0855. The predicted molar refractivity (Wildman–Crippen MR) is 113 cm³/mol. The van der Waals surface area contributed by atoms with Crippen molar-refractivity contribution in [3.8, 4) is 5.75 Å². The largest absolute Gasteiger partial charge is 0.497 e. The summed E-state index contributed by atoms with van der Waals surface area (Å²) in [5.41, 5.74) is 3.54. The molecule has 0 saturated heterocycles. The Kier molecular flexibility index (Phi) is 8.34. The molecule has 0 atom stereocenters. The molecule has 0 unspecified atom stereocenters. The summed E-state index contributed by atoms with van der Waals surface area (Å²) in [6, 6.07) is 16.2. The van der Waals surface area contributed by atoms with Crippen molar-refractivity contribution in [2.75, 3.05) is 27.7 Å². The third-order valence-electron chi connectivity index (χ3n) is 4.48. The van der Waals surface area contributed by atoms with Gasteiger partial charge in [-0.2, -0.15) is 0 Å². The van der Waals surface area contributed by atoms with Crippen molar-refractivity contribution >= 4 is 11.9 Å². The number of methoxy groups -OCH3 is 1. The van der Waals surface area contributed by atoms with E-state index in [4.69, 9.17) is 4.74 Å². The van der Waals surface area contributed by atoms with Crippen molar-refractivity contribution in [3.63, 3.8) is 0 Å². The second kappa shape index (κ2) is 11.0. The summed E-state index contributed by atoms with van der Waals surface area (Å²) in [5, 5.41) is 6.01. The van der Waals surface area contributed by atoms with Gasteiger partial charge in [-0.3, -0.25) is 9.79 Å². The number of nitrogens with zero attached hydrogens (tertiary/aromatic N) is 2. The van der Waals surface area contributed by atoms with Gasteiger partial charge in [0.05, 0.1) is 13.7 Å². The molecule has 6 heteroatoms. The fourth-order valence-electron chi connectivity index (χ4n) is 2.78. The molecule has 28 heavy (non-hydrogen) atoms. The summed E-state index contributed by atoms with van der Waals surface area (Å²) in [6.07, 6.45) is 1.03. The van der Waals surface area contributed by atoms with Crippen LogP contribution in [-0.4, -0.2) is 44.5 Å². The minimum Gasteiger partial charge on any atom is -0.497 e. The zero-order valence-electron chi connectivity index (χ0n) is 17.2. The smallest absolute Gasteiger partial charge is 0.239 e. The molecule has 2 rings (SSSR count). The Morgan fingerprint density at radius 1 is 1.00 bits per heavy atom. The molecule has 0 radical (unpaired) electrons. The van der Waals surface area contributed by atoms with Crippen LogP contribution in [0.4, 0.5) is 0 Å². The normalized spacial score (nSPS) is 11.1. The molecule has 2 aromatic carbocycles. The number of amides is 1. The molecule has 0 fully saturated rings. The summed E-state index contributed by atoms with van der Waals surface area (Å²) in [7, 11) is 5.30. The van der Waals surface area contributed by atoms with Crippen LogP contribution < -0.4 is 15.4 Å². The summed E-state index contributed by atoms with van der Waals surface area (Å²) < 4.78 is 5.13. The maximum atomic E-state index is 12.1. The van der Waals surface area contributed by atoms with Crippen molar-refractivity contribution in [3.05, 3.63) is 65.2 Å². The zero-order valence-corrected chi connectivity index (χ0v) is 17.2. The first-order valence-electron chi connectivity index (χ1n) is 9.45. The fourth-order valence-corrected chi connectivity index (χ4v) is 2.78. The Balaban J connectivity index is 1.78. The first-order chi connectivity index (χ1) is 13.5. The van der Waals surface area contributed by atoms with Gasteiger partial charge in [-0.05, 0) is 35.2 Å². The van der Waals surface area contributed by atoms with Crippen molar-refractivity contribution in [2.45, 2.75) is 26.4 Å². The summed E-state index contributed by atoms with van der Waals surface area (Å²) in [6.45, 7) is 3.51. The van der Waals surface area contributed by atoms with Gasteiger partial charge in [-0.1, -0.05) is 43.3 Å². The van der Waals surface area contributed by atoms with Crippen LogP contribution >= 0.6 is 0 Å². The van der Waals surface area contributed by atoms with E-state index in [-0.39, 0.29) is 12.5 Å². The van der Waals surface area contributed by atoms with Gasteiger partial charge in [-0.25, -0.2) is 0 Å². The third kappa shape index (κ3) is 6.61. The van der Waals surface area contributed by atoms with E-state index in [1.165, 1.54) is 11.1 Å². The van der Waals surface area contributed by atoms with E-state index in [0.717, 1.165) is 24.3 Å². The van der Waals surface area contributed by atoms with Crippen LogP contribution in [0.25, 0.3) is 0 Å². The molecule has 2 N–H and O–H groups in total. The Labute approximate surface area is 167 Å². The fraction of sp³-hybridized carbons (Fsp3) is 0.364. The van der Waals surface area contributed by atoms with Gasteiger partial charge >= 0.3 is 0 Å². The molecular formula is C22H30N4O2. The SMILES string of the molecule is CCc1ccc(CN(C)C(=NC)NCC(=O)NCc2ccc(OC)cc2)cc1. The van der Waals surface area contributed by atoms with Crippen molar-refractivity contribution in [1.82, 2.24) is 15.5 Å². The summed E-state index contributed by atoms with van der Waals surface area (Å²) in [5.74, 6) is 1.39. The van der Waals surface area contributed by atoms with Gasteiger partial charge in [0.25, 0.3) is 0 Å². The Morgan fingerprint density at radius 3 is 2.18 bits per heavy atom. The second-order valence-electron chi connectivity index (χ2n) is 6.55. The molecule has 1 amide bonds. The Hall–Kier alpha value is -3.02. The minimum atomic E-state index is -0.0855. The number of carbonyl (C=O) groups is 1. The van der Waals surface area contributed by atoms with Crippen molar-refractivity contribution in [2.24, 2.45) is 4.99 Å². The van der Waals surface area contributed by atoms with E-state index in [1.54, 1.807) is 14.2 Å². The highest BCUT2D eigenvalue weighted by Gasteiger charge is 2.09. The number of benzene rings is 2. The molecule has 0 heterocycles. The number of hydrogen-bond donors (Lipinski definition) is 2. The molecule has 150 valence electrons. The number of aliphatic imine (C=N–C) groups is 1. The molecule has 0 aromatic heterocycles. The zero-order chi connectivity index (χ0) is 20.4. The van der Waals surface area contributed by atoms with Crippen molar-refractivity contribution < 1.29 is 9.53 Å². The monoisotopic (exact) mass is 382 g/mol. The van der Waals surface area contributed by atoms with Crippen LogP contribution in [0, 0.1) is 0 Å². The van der Waals surface area contributed by atoms with Crippen LogP contribution in [0.15, 0.2) is 53.5 Å². The first kappa shape index (κ1) is 21.3. The second-order valence-corrected chi connectivity index (χ2v) is 6.55. The number of carbonyl (C=O) groups excluding carboxylic acids is 1. The van der Waals surface area contributed by atoms with E-state index in [2.05, 4.69) is 46.8 Å². The molecule has 6 nitrogen and oxygen atoms in total. The number of aryl methyl sites for hydroxylation is 1. The third-order valence-corrected chi connectivity index (χ3v) is 4.48. The number of hydrogen-bond acceptors (Lipinski definition) is 3. The van der Waals surface area contributed by atoms with Crippen LogP contribution in [0.1, 0.15) is 23.6 Å². The van der Waals surface area contributed by atoms with Crippen LogP contribution in [-0.2, 0) is 24.3 Å². The topological polar surface area (TPSA) is 66.0 Å². The van der Waals surface area contributed by atoms with Gasteiger partial charge in [0.2, 0.25) is 5.91 Å². The Morgan fingerprint density at radius 2 is 1.61 bits per heavy atom. The predicted octanol–water partition coefficient (Wildman–Crippen LogP) is 2.58. The van der Waals surface area contributed by atoms with Crippen molar-refractivity contribution in [1.29, 1.82) is 0 Å². The molecule has 0 saturated carbocycles. The maximum Gasteiger partial charge on any atom is 0.239 e.